The molecule has 7 nitrogen and oxygen atoms in total. The van der Waals surface area contributed by atoms with Gasteiger partial charge in [-0.05, 0) is 42.5 Å². The Balaban J connectivity index is 1.39. The van der Waals surface area contributed by atoms with Crippen molar-refractivity contribution < 1.29 is 14.5 Å². The summed E-state index contributed by atoms with van der Waals surface area (Å²) >= 11 is 1.33. The first-order valence-corrected chi connectivity index (χ1v) is 9.72. The van der Waals surface area contributed by atoms with E-state index in [9.17, 15) is 14.9 Å². The molecule has 0 fully saturated rings. The first kappa shape index (κ1) is 18.1. The van der Waals surface area contributed by atoms with Crippen LogP contribution in [0.4, 0.5) is 10.8 Å². The van der Waals surface area contributed by atoms with Crippen molar-refractivity contribution in [2.45, 2.75) is 19.3 Å². The standard InChI is InChI=1S/C20H17N3O4S/c24-19(11-27-18-7-2-1-6-17(18)23(25)26)22-20-21-16(12-28-20)15-9-8-13-4-3-5-14(13)10-15/h1-2,6-10,12H,3-5,11H2,(H,21,22,24). The molecule has 1 N–H and O–H groups in total. The number of aryl methyl sites for hydroxylation is 2. The van der Waals surface area contributed by atoms with Gasteiger partial charge in [-0.3, -0.25) is 20.2 Å². The van der Waals surface area contributed by atoms with E-state index in [4.69, 9.17) is 4.74 Å². The number of amides is 1. The number of fused-ring (bicyclic) bond motifs is 1. The normalized spacial score (nSPS) is 12.4. The number of nitro groups is 1. The van der Waals surface area contributed by atoms with Crippen LogP contribution in [0.3, 0.4) is 0 Å². The van der Waals surface area contributed by atoms with Crippen LogP contribution in [0.15, 0.2) is 47.8 Å². The number of nitrogens with one attached hydrogen (secondary N) is 1. The number of para-hydroxylation sites is 2. The molecular weight excluding hydrogens is 378 g/mol. The van der Waals surface area contributed by atoms with Crippen LogP contribution in [-0.2, 0) is 17.6 Å². The van der Waals surface area contributed by atoms with Crippen LogP contribution in [0.1, 0.15) is 17.5 Å². The highest BCUT2D eigenvalue weighted by Gasteiger charge is 2.16. The first-order chi connectivity index (χ1) is 13.6. The number of ether oxygens (including phenoxy) is 1. The van der Waals surface area contributed by atoms with Crippen molar-refractivity contribution in [2.24, 2.45) is 0 Å². The molecule has 0 bridgehead atoms. The van der Waals surface area contributed by atoms with Crippen molar-refractivity contribution >= 4 is 28.1 Å². The minimum absolute atomic E-state index is 0.0561. The van der Waals surface area contributed by atoms with E-state index in [0.717, 1.165) is 24.1 Å². The average molecular weight is 395 g/mol. The second-order valence-corrected chi connectivity index (χ2v) is 7.29. The van der Waals surface area contributed by atoms with E-state index in [0.29, 0.717) is 5.13 Å². The topological polar surface area (TPSA) is 94.4 Å². The first-order valence-electron chi connectivity index (χ1n) is 8.84. The fourth-order valence-electron chi connectivity index (χ4n) is 3.22. The Morgan fingerprint density at radius 2 is 2.04 bits per heavy atom. The monoisotopic (exact) mass is 395 g/mol. The van der Waals surface area contributed by atoms with Crippen molar-refractivity contribution in [1.82, 2.24) is 4.98 Å². The molecule has 0 saturated heterocycles. The van der Waals surface area contributed by atoms with Gasteiger partial charge in [0.25, 0.3) is 5.91 Å². The zero-order chi connectivity index (χ0) is 19.5. The lowest BCUT2D eigenvalue weighted by atomic mass is 10.1. The second-order valence-electron chi connectivity index (χ2n) is 6.44. The molecular formula is C20H17N3O4S. The zero-order valence-corrected chi connectivity index (χ0v) is 15.7. The third-order valence-corrected chi connectivity index (χ3v) is 5.32. The molecule has 1 aromatic heterocycles. The van der Waals surface area contributed by atoms with Gasteiger partial charge in [-0.1, -0.05) is 24.3 Å². The molecule has 28 heavy (non-hydrogen) atoms. The number of aromatic nitrogens is 1. The third-order valence-electron chi connectivity index (χ3n) is 4.57. The summed E-state index contributed by atoms with van der Waals surface area (Å²) in [5, 5.41) is 16.0. The number of nitro benzene ring substituents is 1. The Labute approximate surface area is 165 Å². The molecule has 1 heterocycles. The van der Waals surface area contributed by atoms with Crippen LogP contribution >= 0.6 is 11.3 Å². The number of thiazole rings is 1. The van der Waals surface area contributed by atoms with Crippen molar-refractivity contribution in [1.29, 1.82) is 0 Å². The van der Waals surface area contributed by atoms with Crippen LogP contribution in [0.25, 0.3) is 11.3 Å². The lowest BCUT2D eigenvalue weighted by Gasteiger charge is -2.06. The predicted octanol–water partition coefficient (Wildman–Crippen LogP) is 4.22. The fourth-order valence-corrected chi connectivity index (χ4v) is 3.96. The molecule has 0 saturated carbocycles. The van der Waals surface area contributed by atoms with Crippen LogP contribution in [0.2, 0.25) is 0 Å². The number of carbonyl (C=O) groups excluding carboxylic acids is 1. The Hall–Kier alpha value is -3.26. The van der Waals surface area contributed by atoms with E-state index in [1.54, 1.807) is 12.1 Å². The molecule has 0 spiro atoms. The quantitative estimate of drug-likeness (QED) is 0.498. The molecule has 3 aromatic rings. The maximum Gasteiger partial charge on any atom is 0.310 e. The lowest BCUT2D eigenvalue weighted by Crippen LogP contribution is -2.20. The molecule has 1 amide bonds. The van der Waals surface area contributed by atoms with Crippen molar-refractivity contribution in [3.63, 3.8) is 0 Å². The summed E-state index contributed by atoms with van der Waals surface area (Å²) in [7, 11) is 0. The van der Waals surface area contributed by atoms with Gasteiger partial charge >= 0.3 is 5.69 Å². The van der Waals surface area contributed by atoms with Crippen LogP contribution in [0, 0.1) is 10.1 Å². The van der Waals surface area contributed by atoms with Gasteiger partial charge in [0.2, 0.25) is 0 Å². The molecule has 0 unspecified atom stereocenters. The van der Waals surface area contributed by atoms with Gasteiger partial charge in [0.05, 0.1) is 10.6 Å². The van der Waals surface area contributed by atoms with E-state index in [1.165, 1.54) is 41.0 Å². The van der Waals surface area contributed by atoms with Gasteiger partial charge < -0.3 is 4.74 Å². The highest BCUT2D eigenvalue weighted by atomic mass is 32.1. The predicted molar refractivity (Wildman–Crippen MR) is 107 cm³/mol. The van der Waals surface area contributed by atoms with E-state index in [-0.39, 0.29) is 18.0 Å². The summed E-state index contributed by atoms with van der Waals surface area (Å²) in [6, 6.07) is 12.3. The van der Waals surface area contributed by atoms with Crippen molar-refractivity contribution in [3.8, 4) is 17.0 Å². The molecule has 1 aliphatic rings. The summed E-state index contributed by atoms with van der Waals surface area (Å²) in [4.78, 5) is 27.0. The largest absolute Gasteiger partial charge is 0.477 e. The number of carbonyl (C=O) groups is 1. The maximum absolute atomic E-state index is 12.1. The minimum Gasteiger partial charge on any atom is -0.477 e. The van der Waals surface area contributed by atoms with E-state index in [2.05, 4.69) is 28.5 Å². The summed E-state index contributed by atoms with van der Waals surface area (Å²) in [6.45, 7) is -0.335. The molecule has 0 radical (unpaired) electrons. The fraction of sp³-hybridized carbons (Fsp3) is 0.200. The van der Waals surface area contributed by atoms with E-state index in [1.807, 2.05) is 5.38 Å². The number of nitrogens with zero attached hydrogens (tertiary/aromatic N) is 2. The van der Waals surface area contributed by atoms with E-state index >= 15 is 0 Å². The van der Waals surface area contributed by atoms with Crippen molar-refractivity contribution in [2.75, 3.05) is 11.9 Å². The molecule has 2 aromatic carbocycles. The minimum atomic E-state index is -0.545. The van der Waals surface area contributed by atoms with Gasteiger partial charge in [0, 0.05) is 17.0 Å². The SMILES string of the molecule is O=C(COc1ccccc1[N+](=O)[O-])Nc1nc(-c2ccc3c(c2)CCC3)cs1. The van der Waals surface area contributed by atoms with Gasteiger partial charge in [0.15, 0.2) is 17.5 Å². The average Bonchev–Trinajstić information content (AvgIpc) is 3.35. The highest BCUT2D eigenvalue weighted by molar-refractivity contribution is 7.14. The molecule has 1 aliphatic carbocycles. The Morgan fingerprint density at radius 1 is 1.21 bits per heavy atom. The smallest absolute Gasteiger partial charge is 0.310 e. The van der Waals surface area contributed by atoms with Crippen molar-refractivity contribution in [3.05, 3.63) is 69.1 Å². The zero-order valence-electron chi connectivity index (χ0n) is 14.9. The van der Waals surface area contributed by atoms with Gasteiger partial charge in [0.1, 0.15) is 0 Å². The Kier molecular flexibility index (Phi) is 5.03. The number of rotatable bonds is 6. The third kappa shape index (κ3) is 3.86. The van der Waals surface area contributed by atoms with Crippen LogP contribution < -0.4 is 10.1 Å². The van der Waals surface area contributed by atoms with Crippen LogP contribution in [-0.4, -0.2) is 22.4 Å². The van der Waals surface area contributed by atoms with E-state index < -0.39 is 10.8 Å². The summed E-state index contributed by atoms with van der Waals surface area (Å²) in [5.41, 5.74) is 4.44. The highest BCUT2D eigenvalue weighted by Crippen LogP contribution is 2.30. The van der Waals surface area contributed by atoms with Crippen LogP contribution in [0.5, 0.6) is 5.75 Å². The lowest BCUT2D eigenvalue weighted by molar-refractivity contribution is -0.385. The number of hydrogen-bond donors (Lipinski definition) is 1. The van der Waals surface area contributed by atoms with Gasteiger partial charge in [-0.25, -0.2) is 4.98 Å². The summed E-state index contributed by atoms with van der Waals surface area (Å²) < 4.78 is 5.30. The molecule has 8 heteroatoms. The molecule has 0 atom stereocenters. The maximum atomic E-state index is 12.1. The van der Waals surface area contributed by atoms with Gasteiger partial charge in [-0.2, -0.15) is 0 Å². The number of hydrogen-bond acceptors (Lipinski definition) is 6. The number of benzene rings is 2. The Bertz CT molecular complexity index is 1050. The molecule has 142 valence electrons. The van der Waals surface area contributed by atoms with Gasteiger partial charge in [-0.15, -0.1) is 11.3 Å². The summed E-state index contributed by atoms with van der Waals surface area (Å²) in [5.74, 6) is -0.367. The Morgan fingerprint density at radius 3 is 2.89 bits per heavy atom. The second kappa shape index (κ2) is 7.77. The number of anilines is 1. The molecule has 4 rings (SSSR count). The molecule has 0 aliphatic heterocycles. The summed E-state index contributed by atoms with van der Waals surface area (Å²) in [6.07, 6.45) is 3.42.